The summed E-state index contributed by atoms with van der Waals surface area (Å²) in [6.45, 7) is 18.7. The van der Waals surface area contributed by atoms with E-state index < -0.39 is 0 Å². The van der Waals surface area contributed by atoms with Crippen LogP contribution in [0.1, 0.15) is 84.1 Å². The van der Waals surface area contributed by atoms with Gasteiger partial charge in [-0.05, 0) is 81.0 Å². The molecule has 0 saturated carbocycles. The monoisotopic (exact) mass is 541 g/mol. The lowest BCUT2D eigenvalue weighted by Crippen LogP contribution is -2.67. The molecule has 7 rings (SSSR count). The van der Waals surface area contributed by atoms with Gasteiger partial charge in [-0.1, -0.05) is 96.1 Å². The fourth-order valence-corrected chi connectivity index (χ4v) is 7.79. The minimum Gasteiger partial charge on any atom is -0.396 e. The molecular formula is C38H41N2O+. The third-order valence-electron chi connectivity index (χ3n) is 10.7. The predicted molar refractivity (Wildman–Crippen MR) is 170 cm³/mol. The summed E-state index contributed by atoms with van der Waals surface area (Å²) in [6.07, 6.45) is 2.76. The molecule has 0 fully saturated rings. The van der Waals surface area contributed by atoms with Gasteiger partial charge in [0.05, 0.1) is 5.56 Å². The fourth-order valence-electron chi connectivity index (χ4n) is 7.79. The van der Waals surface area contributed by atoms with Crippen LogP contribution in [0, 0.1) is 0 Å². The molecule has 0 spiro atoms. The van der Waals surface area contributed by atoms with Gasteiger partial charge in [-0.25, -0.2) is 4.57 Å². The second-order valence-electron chi connectivity index (χ2n) is 14.6. The standard InChI is InChI=1S/C38H41N2O/c1-35(2,3)26-14-15-27-25(19-26)13-16-29-31(27)34-32-33(39-22-40(34)37(6,7)38(29,8)17-18-41)28-20-23-11-9-10-12-24(23)21-30(28)36(32,4)5/h9-16,19-22,41H,17-18H2,1-8H3/q+1. The van der Waals surface area contributed by atoms with E-state index in [0.717, 1.165) is 5.69 Å². The molecule has 1 N–H and O–H groups in total. The van der Waals surface area contributed by atoms with Crippen molar-refractivity contribution >= 4 is 21.5 Å². The Balaban J connectivity index is 1.63. The Morgan fingerprint density at radius 3 is 2.20 bits per heavy atom. The highest BCUT2D eigenvalue weighted by Gasteiger charge is 2.56. The largest absolute Gasteiger partial charge is 0.396 e. The van der Waals surface area contributed by atoms with E-state index >= 15 is 0 Å². The zero-order valence-electron chi connectivity index (χ0n) is 25.7. The van der Waals surface area contributed by atoms with Gasteiger partial charge >= 0.3 is 0 Å². The summed E-state index contributed by atoms with van der Waals surface area (Å²) >= 11 is 0. The zero-order valence-corrected chi connectivity index (χ0v) is 25.7. The maximum Gasteiger partial charge on any atom is 0.287 e. The van der Waals surface area contributed by atoms with E-state index in [1.54, 1.807) is 0 Å². The van der Waals surface area contributed by atoms with Gasteiger partial charge in [-0.3, -0.25) is 0 Å². The van der Waals surface area contributed by atoms with Crippen molar-refractivity contribution in [3.05, 3.63) is 95.3 Å². The van der Waals surface area contributed by atoms with E-state index in [4.69, 9.17) is 4.98 Å². The van der Waals surface area contributed by atoms with Crippen molar-refractivity contribution in [3.8, 4) is 22.5 Å². The molecule has 4 aromatic carbocycles. The molecule has 1 aromatic heterocycles. The van der Waals surface area contributed by atoms with Crippen LogP contribution in [0.25, 0.3) is 44.1 Å². The first kappa shape index (κ1) is 26.3. The van der Waals surface area contributed by atoms with Gasteiger partial charge in [-0.15, -0.1) is 0 Å². The van der Waals surface area contributed by atoms with E-state index in [1.807, 2.05) is 0 Å². The Morgan fingerprint density at radius 2 is 1.51 bits per heavy atom. The summed E-state index contributed by atoms with van der Waals surface area (Å²) < 4.78 is 2.44. The molecular weight excluding hydrogens is 500 g/mol. The molecule has 1 unspecified atom stereocenters. The highest BCUT2D eigenvalue weighted by Crippen LogP contribution is 2.57. The number of benzene rings is 4. The number of hydrogen-bond acceptors (Lipinski definition) is 2. The number of fused-ring (bicyclic) bond motifs is 10. The average molecular weight is 542 g/mol. The highest BCUT2D eigenvalue weighted by atomic mass is 16.3. The minimum atomic E-state index is -0.311. The SMILES string of the molecule is CC(C)(C)c1ccc2c3c(ccc2c1)C(C)(CCO)C(C)(C)[n+]1cnc2c(c1-3)C(C)(C)c1cc3ccccc3cc1-2. The van der Waals surface area contributed by atoms with Crippen LogP contribution in [0.3, 0.4) is 0 Å². The van der Waals surface area contributed by atoms with Gasteiger partial charge in [0.25, 0.3) is 6.33 Å². The molecule has 1 aliphatic heterocycles. The maximum absolute atomic E-state index is 10.4. The first-order valence-electron chi connectivity index (χ1n) is 15.0. The topological polar surface area (TPSA) is 37.0 Å². The third-order valence-corrected chi connectivity index (χ3v) is 10.7. The van der Waals surface area contributed by atoms with Gasteiger partial charge in [0, 0.05) is 28.6 Å². The van der Waals surface area contributed by atoms with Crippen molar-refractivity contribution in [2.75, 3.05) is 6.61 Å². The van der Waals surface area contributed by atoms with Crippen LogP contribution in [0.5, 0.6) is 0 Å². The molecule has 2 aliphatic rings. The van der Waals surface area contributed by atoms with Gasteiger partial charge in [0.2, 0.25) is 0 Å². The van der Waals surface area contributed by atoms with Crippen LogP contribution in [-0.2, 0) is 21.8 Å². The number of hydrogen-bond donors (Lipinski definition) is 1. The van der Waals surface area contributed by atoms with Gasteiger partial charge in [0.15, 0.2) is 5.69 Å². The molecule has 5 aromatic rings. The molecule has 41 heavy (non-hydrogen) atoms. The normalized spacial score (nSPS) is 20.0. The third kappa shape index (κ3) is 3.36. The van der Waals surface area contributed by atoms with E-state index in [0.29, 0.717) is 6.42 Å². The van der Waals surface area contributed by atoms with E-state index in [2.05, 4.69) is 133 Å². The number of rotatable bonds is 2. The van der Waals surface area contributed by atoms with Crippen molar-refractivity contribution in [1.82, 2.24) is 4.98 Å². The Labute approximate surface area is 243 Å². The lowest BCUT2D eigenvalue weighted by atomic mass is 9.61. The Bertz CT molecular complexity index is 1910. The van der Waals surface area contributed by atoms with Gasteiger partial charge in [-0.2, -0.15) is 0 Å². The molecule has 0 bridgehead atoms. The summed E-state index contributed by atoms with van der Waals surface area (Å²) in [5.74, 6) is 0. The van der Waals surface area contributed by atoms with Crippen LogP contribution in [-0.4, -0.2) is 16.7 Å². The maximum atomic E-state index is 10.4. The average Bonchev–Trinajstić information content (AvgIpc) is 3.15. The lowest BCUT2D eigenvalue weighted by Gasteiger charge is -2.48. The molecule has 0 radical (unpaired) electrons. The summed E-state index contributed by atoms with van der Waals surface area (Å²) in [6, 6.07) is 25.0. The molecule has 2 heterocycles. The number of aromatic nitrogens is 2. The second-order valence-corrected chi connectivity index (χ2v) is 14.6. The molecule has 1 atom stereocenters. The number of aliphatic hydroxyl groups excluding tert-OH is 1. The van der Waals surface area contributed by atoms with Gasteiger partial charge < -0.3 is 5.11 Å². The van der Waals surface area contributed by atoms with Gasteiger partial charge in [0.1, 0.15) is 11.2 Å². The smallest absolute Gasteiger partial charge is 0.287 e. The zero-order chi connectivity index (χ0) is 29.1. The fraction of sp³-hybridized carbons (Fsp3) is 0.368. The summed E-state index contributed by atoms with van der Waals surface area (Å²) in [4.78, 5) is 5.24. The second kappa shape index (κ2) is 8.26. The summed E-state index contributed by atoms with van der Waals surface area (Å²) in [5.41, 5.74) is 9.44. The first-order valence-corrected chi connectivity index (χ1v) is 15.0. The molecule has 208 valence electrons. The lowest BCUT2D eigenvalue weighted by molar-refractivity contribution is -0.763. The first-order chi connectivity index (χ1) is 19.3. The van der Waals surface area contributed by atoms with Crippen molar-refractivity contribution in [1.29, 1.82) is 0 Å². The quantitative estimate of drug-likeness (QED) is 0.228. The number of aliphatic hydroxyl groups is 1. The number of nitrogens with zero attached hydrogens (tertiary/aromatic N) is 2. The van der Waals surface area contributed by atoms with Crippen LogP contribution < -0.4 is 4.57 Å². The highest BCUT2D eigenvalue weighted by molar-refractivity contribution is 6.01. The van der Waals surface area contributed by atoms with Crippen LogP contribution >= 0.6 is 0 Å². The summed E-state index contributed by atoms with van der Waals surface area (Å²) in [7, 11) is 0. The molecule has 3 heteroatoms. The Kier molecular flexibility index (Phi) is 5.31. The Hall–Kier alpha value is -3.56. The van der Waals surface area contributed by atoms with Crippen molar-refractivity contribution in [2.24, 2.45) is 0 Å². The molecule has 0 saturated heterocycles. The van der Waals surface area contributed by atoms with Crippen molar-refractivity contribution in [2.45, 2.75) is 83.6 Å². The molecule has 0 amide bonds. The van der Waals surface area contributed by atoms with Crippen molar-refractivity contribution in [3.63, 3.8) is 0 Å². The van der Waals surface area contributed by atoms with E-state index in [1.165, 1.54) is 60.6 Å². The Morgan fingerprint density at radius 1 is 0.805 bits per heavy atom. The van der Waals surface area contributed by atoms with Crippen LogP contribution in [0.4, 0.5) is 0 Å². The summed E-state index contributed by atoms with van der Waals surface area (Å²) in [5, 5.41) is 15.4. The van der Waals surface area contributed by atoms with Crippen LogP contribution in [0.2, 0.25) is 0 Å². The predicted octanol–water partition coefficient (Wildman–Crippen LogP) is 8.34. The van der Waals surface area contributed by atoms with Crippen LogP contribution in [0.15, 0.2) is 73.1 Å². The molecule has 1 aliphatic carbocycles. The minimum absolute atomic E-state index is 0.0704. The van der Waals surface area contributed by atoms with E-state index in [-0.39, 0.29) is 28.4 Å². The van der Waals surface area contributed by atoms with E-state index in [9.17, 15) is 5.11 Å². The van der Waals surface area contributed by atoms with Crippen molar-refractivity contribution < 1.29 is 9.67 Å². The molecule has 3 nitrogen and oxygen atoms in total.